The normalized spacial score (nSPS) is 26.6. The molecule has 2 aliphatic heterocycles. The molecular formula is C18H26N4. The van der Waals surface area contributed by atoms with Crippen LogP contribution in [0.5, 0.6) is 0 Å². The molecule has 0 amide bonds. The van der Waals surface area contributed by atoms with Gasteiger partial charge in [0.25, 0.3) is 0 Å². The zero-order chi connectivity index (χ0) is 15.4. The Morgan fingerprint density at radius 2 is 2.18 bits per heavy atom. The summed E-state index contributed by atoms with van der Waals surface area (Å²) in [6.45, 7) is 6.94. The summed E-state index contributed by atoms with van der Waals surface area (Å²) in [7, 11) is 0. The Morgan fingerprint density at radius 1 is 1.27 bits per heavy atom. The lowest BCUT2D eigenvalue weighted by atomic mass is 9.94. The molecule has 0 spiro atoms. The highest BCUT2D eigenvalue weighted by molar-refractivity contribution is 5.57. The van der Waals surface area contributed by atoms with E-state index in [1.54, 1.807) is 6.20 Å². The lowest BCUT2D eigenvalue weighted by molar-refractivity contribution is 0.130. The number of hydrogen-bond acceptors (Lipinski definition) is 4. The molecule has 0 saturated carbocycles. The molecule has 0 N–H and O–H groups in total. The van der Waals surface area contributed by atoms with E-state index in [9.17, 15) is 5.26 Å². The first-order valence-electron chi connectivity index (χ1n) is 8.61. The van der Waals surface area contributed by atoms with E-state index in [1.165, 1.54) is 45.2 Å². The van der Waals surface area contributed by atoms with Crippen LogP contribution in [0.15, 0.2) is 18.5 Å². The van der Waals surface area contributed by atoms with Gasteiger partial charge in [0.05, 0.1) is 17.4 Å². The van der Waals surface area contributed by atoms with Crippen molar-refractivity contribution in [1.29, 1.82) is 5.26 Å². The topological polar surface area (TPSA) is 43.2 Å². The largest absolute Gasteiger partial charge is 0.369 e. The fourth-order valence-electron chi connectivity index (χ4n) is 3.93. The van der Waals surface area contributed by atoms with Gasteiger partial charge >= 0.3 is 0 Å². The second kappa shape index (κ2) is 7.11. The van der Waals surface area contributed by atoms with Crippen molar-refractivity contribution in [3.8, 4) is 6.07 Å². The van der Waals surface area contributed by atoms with Crippen molar-refractivity contribution in [3.05, 3.63) is 24.0 Å². The highest BCUT2D eigenvalue weighted by Crippen LogP contribution is 2.27. The predicted molar refractivity (Wildman–Crippen MR) is 88.8 cm³/mol. The Bertz CT molecular complexity index is 536. The molecule has 1 aromatic heterocycles. The summed E-state index contributed by atoms with van der Waals surface area (Å²) < 4.78 is 0. The first-order valence-corrected chi connectivity index (χ1v) is 8.61. The first-order chi connectivity index (χ1) is 10.8. The van der Waals surface area contributed by atoms with Crippen LogP contribution in [-0.4, -0.2) is 42.1 Å². The second-order valence-corrected chi connectivity index (χ2v) is 6.80. The lowest BCUT2D eigenvalue weighted by Crippen LogP contribution is -2.45. The fourth-order valence-corrected chi connectivity index (χ4v) is 3.93. The van der Waals surface area contributed by atoms with Crippen LogP contribution in [0.25, 0.3) is 0 Å². The first kappa shape index (κ1) is 15.3. The number of anilines is 1. The van der Waals surface area contributed by atoms with Gasteiger partial charge in [-0.15, -0.1) is 0 Å². The van der Waals surface area contributed by atoms with Crippen LogP contribution < -0.4 is 4.90 Å². The predicted octanol–water partition coefficient (Wildman–Crippen LogP) is 3.04. The Kier molecular flexibility index (Phi) is 4.94. The van der Waals surface area contributed by atoms with Gasteiger partial charge in [0.1, 0.15) is 6.07 Å². The van der Waals surface area contributed by atoms with Crippen LogP contribution in [0.3, 0.4) is 0 Å². The lowest BCUT2D eigenvalue weighted by Gasteiger charge is -2.40. The van der Waals surface area contributed by atoms with Crippen molar-refractivity contribution in [2.45, 2.75) is 45.1 Å². The molecule has 2 atom stereocenters. The molecule has 0 bridgehead atoms. The number of likely N-dealkylation sites (tertiary alicyclic amines) is 1. The van der Waals surface area contributed by atoms with Gasteiger partial charge in [0.15, 0.2) is 0 Å². The van der Waals surface area contributed by atoms with E-state index in [0.29, 0.717) is 5.92 Å². The zero-order valence-electron chi connectivity index (χ0n) is 13.5. The minimum Gasteiger partial charge on any atom is -0.369 e. The molecule has 0 aromatic carbocycles. The summed E-state index contributed by atoms with van der Waals surface area (Å²) in [6.07, 6.45) is 10.2. The number of pyridine rings is 1. The molecule has 2 saturated heterocycles. The molecule has 3 rings (SSSR count). The van der Waals surface area contributed by atoms with E-state index in [4.69, 9.17) is 0 Å². The SMILES string of the molecule is C[C@@H]1CCCCN1C[C@@H]1CCCN(c2cnccc2C#N)C1. The average Bonchev–Trinajstić information content (AvgIpc) is 2.57. The van der Waals surface area contributed by atoms with Crippen LogP contribution in [0.4, 0.5) is 5.69 Å². The molecule has 22 heavy (non-hydrogen) atoms. The molecule has 0 unspecified atom stereocenters. The third-order valence-electron chi connectivity index (χ3n) is 5.21. The smallest absolute Gasteiger partial charge is 0.101 e. The number of hydrogen-bond donors (Lipinski definition) is 0. The minimum atomic E-state index is 0.709. The van der Waals surface area contributed by atoms with Crippen LogP contribution in [-0.2, 0) is 0 Å². The summed E-state index contributed by atoms with van der Waals surface area (Å²) in [5.74, 6) is 0.709. The maximum absolute atomic E-state index is 9.30. The summed E-state index contributed by atoms with van der Waals surface area (Å²) in [6, 6.07) is 4.86. The van der Waals surface area contributed by atoms with E-state index in [1.807, 2.05) is 12.3 Å². The highest BCUT2D eigenvalue weighted by atomic mass is 15.2. The van der Waals surface area contributed by atoms with Gasteiger partial charge in [-0.25, -0.2) is 0 Å². The maximum Gasteiger partial charge on any atom is 0.101 e. The minimum absolute atomic E-state index is 0.709. The molecule has 4 nitrogen and oxygen atoms in total. The Labute approximate surface area is 133 Å². The highest BCUT2D eigenvalue weighted by Gasteiger charge is 2.26. The Hall–Kier alpha value is -1.60. The molecule has 3 heterocycles. The second-order valence-electron chi connectivity index (χ2n) is 6.80. The number of nitriles is 1. The van der Waals surface area contributed by atoms with Crippen molar-refractivity contribution in [2.24, 2.45) is 5.92 Å². The van der Waals surface area contributed by atoms with Crippen LogP contribution >= 0.6 is 0 Å². The Balaban J connectivity index is 1.65. The van der Waals surface area contributed by atoms with Gasteiger partial charge in [0.2, 0.25) is 0 Å². The van der Waals surface area contributed by atoms with Crippen molar-refractivity contribution in [3.63, 3.8) is 0 Å². The van der Waals surface area contributed by atoms with E-state index < -0.39 is 0 Å². The number of piperidine rings is 2. The van der Waals surface area contributed by atoms with Crippen molar-refractivity contribution in [2.75, 3.05) is 31.1 Å². The molecular weight excluding hydrogens is 272 g/mol. The van der Waals surface area contributed by atoms with Crippen molar-refractivity contribution in [1.82, 2.24) is 9.88 Å². The Morgan fingerprint density at radius 3 is 3.00 bits per heavy atom. The molecule has 0 aliphatic carbocycles. The number of nitrogens with zero attached hydrogens (tertiary/aromatic N) is 4. The van der Waals surface area contributed by atoms with E-state index in [2.05, 4.69) is 27.8 Å². The van der Waals surface area contributed by atoms with Crippen molar-refractivity contribution >= 4 is 5.69 Å². The quantitative estimate of drug-likeness (QED) is 0.860. The van der Waals surface area contributed by atoms with Crippen molar-refractivity contribution < 1.29 is 0 Å². The molecule has 2 fully saturated rings. The van der Waals surface area contributed by atoms with E-state index >= 15 is 0 Å². The zero-order valence-corrected chi connectivity index (χ0v) is 13.5. The number of rotatable bonds is 3. The van der Waals surface area contributed by atoms with Gasteiger partial charge in [0, 0.05) is 31.9 Å². The molecule has 118 valence electrons. The molecule has 4 heteroatoms. The average molecular weight is 298 g/mol. The fraction of sp³-hybridized carbons (Fsp3) is 0.667. The maximum atomic E-state index is 9.30. The number of aromatic nitrogens is 1. The van der Waals surface area contributed by atoms with Gasteiger partial charge in [-0.2, -0.15) is 5.26 Å². The summed E-state index contributed by atoms with van der Waals surface area (Å²) in [5.41, 5.74) is 1.77. The summed E-state index contributed by atoms with van der Waals surface area (Å²) in [4.78, 5) is 9.26. The van der Waals surface area contributed by atoms with Crippen LogP contribution in [0.1, 0.15) is 44.6 Å². The molecule has 2 aliphatic rings. The van der Waals surface area contributed by atoms with Crippen LogP contribution in [0, 0.1) is 17.2 Å². The standard InChI is InChI=1S/C18H26N4/c1-15-5-2-3-9-21(15)13-16-6-4-10-22(14-16)18-12-20-8-7-17(18)11-19/h7-8,12,15-16H,2-6,9-10,13-14H2,1H3/t15-,16+/m1/s1. The third-order valence-corrected chi connectivity index (χ3v) is 5.21. The van der Waals surface area contributed by atoms with Gasteiger partial charge in [-0.1, -0.05) is 6.42 Å². The summed E-state index contributed by atoms with van der Waals surface area (Å²) >= 11 is 0. The third kappa shape index (κ3) is 3.41. The molecule has 0 radical (unpaired) electrons. The van der Waals surface area contributed by atoms with Gasteiger partial charge in [-0.3, -0.25) is 4.98 Å². The monoisotopic (exact) mass is 298 g/mol. The molecule has 1 aromatic rings. The van der Waals surface area contributed by atoms with E-state index in [0.717, 1.165) is 30.4 Å². The van der Waals surface area contributed by atoms with E-state index in [-0.39, 0.29) is 0 Å². The van der Waals surface area contributed by atoms with Gasteiger partial charge in [-0.05, 0) is 51.1 Å². The van der Waals surface area contributed by atoms with Gasteiger partial charge < -0.3 is 9.80 Å². The van der Waals surface area contributed by atoms with Crippen LogP contribution in [0.2, 0.25) is 0 Å². The summed E-state index contributed by atoms with van der Waals surface area (Å²) in [5, 5.41) is 9.30.